The molecule has 0 aliphatic carbocycles. The van der Waals surface area contributed by atoms with E-state index < -0.39 is 5.60 Å². The van der Waals surface area contributed by atoms with Crippen LogP contribution < -0.4 is 9.64 Å². The first-order chi connectivity index (χ1) is 16.2. The molecule has 0 bridgehead atoms. The maximum Gasteiger partial charge on any atom is 0.310 e. The van der Waals surface area contributed by atoms with Crippen molar-refractivity contribution in [3.8, 4) is 5.75 Å². The lowest BCUT2D eigenvalue weighted by molar-refractivity contribution is -0.153. The van der Waals surface area contributed by atoms with Crippen LogP contribution in [0.15, 0.2) is 49.1 Å². The molecule has 3 rings (SSSR count). The molecule has 184 valence electrons. The first kappa shape index (κ1) is 26.2. The molecule has 0 radical (unpaired) electrons. The van der Waals surface area contributed by atoms with E-state index in [1.807, 2.05) is 45.0 Å². The molecular formula is C29H38ClNO3. The number of unbranched alkanes of at least 4 members (excludes halogenated alkanes) is 2. The summed E-state index contributed by atoms with van der Waals surface area (Å²) in [6, 6.07) is 12.1. The van der Waals surface area contributed by atoms with Gasteiger partial charge in [0.1, 0.15) is 18.0 Å². The van der Waals surface area contributed by atoms with Gasteiger partial charge < -0.3 is 14.4 Å². The number of anilines is 1. The van der Waals surface area contributed by atoms with Crippen LogP contribution in [-0.4, -0.2) is 24.7 Å². The van der Waals surface area contributed by atoms with Gasteiger partial charge in [0.2, 0.25) is 0 Å². The predicted molar refractivity (Wildman–Crippen MR) is 141 cm³/mol. The van der Waals surface area contributed by atoms with Gasteiger partial charge in [-0.25, -0.2) is 0 Å². The summed E-state index contributed by atoms with van der Waals surface area (Å²) in [6.07, 6.45) is 8.58. The summed E-state index contributed by atoms with van der Waals surface area (Å²) in [5.41, 5.74) is 3.93. The third-order valence-corrected chi connectivity index (χ3v) is 6.13. The number of esters is 1. The standard InChI is InChI=1S/C29H38ClNO3/c1-5-6-7-9-16-31-17-10-8-11-23-20-25(30)14-13-24(23)21-33-27-15-12-22(18-26(27)31)19-28(32)34-29(2,3)4/h5,12-15,18,20H,1,6-11,16-17,19,21H2,2-4H3. The minimum absolute atomic E-state index is 0.214. The lowest BCUT2D eigenvalue weighted by Gasteiger charge is -2.27. The quantitative estimate of drug-likeness (QED) is 0.235. The van der Waals surface area contributed by atoms with Gasteiger partial charge in [-0.1, -0.05) is 29.8 Å². The number of carbonyl (C=O) groups is 1. The second-order valence-electron chi connectivity index (χ2n) is 10.00. The van der Waals surface area contributed by atoms with Gasteiger partial charge in [-0.2, -0.15) is 0 Å². The highest BCUT2D eigenvalue weighted by atomic mass is 35.5. The van der Waals surface area contributed by atoms with Crippen molar-refractivity contribution in [2.24, 2.45) is 0 Å². The van der Waals surface area contributed by atoms with Crippen LogP contribution >= 0.6 is 11.6 Å². The van der Waals surface area contributed by atoms with Gasteiger partial charge in [0.05, 0.1) is 12.1 Å². The van der Waals surface area contributed by atoms with Crippen LogP contribution in [0, 0.1) is 0 Å². The Morgan fingerprint density at radius 3 is 2.74 bits per heavy atom. The summed E-state index contributed by atoms with van der Waals surface area (Å²) in [4.78, 5) is 14.9. The van der Waals surface area contributed by atoms with Crippen LogP contribution in [0.1, 0.15) is 69.6 Å². The number of fused-ring (bicyclic) bond motifs is 2. The van der Waals surface area contributed by atoms with Crippen molar-refractivity contribution >= 4 is 23.3 Å². The molecule has 2 aromatic rings. The van der Waals surface area contributed by atoms with Crippen molar-refractivity contribution < 1.29 is 14.3 Å². The van der Waals surface area contributed by atoms with Crippen molar-refractivity contribution in [2.75, 3.05) is 18.0 Å². The lowest BCUT2D eigenvalue weighted by atomic mass is 10.0. The number of hydrogen-bond acceptors (Lipinski definition) is 4. The number of rotatable bonds is 7. The summed E-state index contributed by atoms with van der Waals surface area (Å²) in [5, 5.41) is 0.768. The minimum atomic E-state index is -0.494. The Morgan fingerprint density at radius 2 is 1.97 bits per heavy atom. The van der Waals surface area contributed by atoms with Crippen molar-refractivity contribution in [3.05, 3.63) is 70.8 Å². The molecule has 0 fully saturated rings. The number of hydrogen-bond donors (Lipinski definition) is 0. The summed E-state index contributed by atoms with van der Waals surface area (Å²) >= 11 is 6.27. The normalized spacial score (nSPS) is 14.3. The first-order valence-electron chi connectivity index (χ1n) is 12.4. The number of nitrogens with zero attached hydrogens (tertiary/aromatic N) is 1. The summed E-state index contributed by atoms with van der Waals surface area (Å²) < 4.78 is 11.9. The Kier molecular flexibility index (Phi) is 9.46. The smallest absolute Gasteiger partial charge is 0.310 e. The van der Waals surface area contributed by atoms with Gasteiger partial charge in [0, 0.05) is 18.1 Å². The molecule has 0 N–H and O–H groups in total. The maximum absolute atomic E-state index is 12.5. The number of carbonyl (C=O) groups excluding carboxylic acids is 1. The van der Waals surface area contributed by atoms with Crippen molar-refractivity contribution in [3.63, 3.8) is 0 Å². The van der Waals surface area contributed by atoms with Gasteiger partial charge in [0.25, 0.3) is 0 Å². The Balaban J connectivity index is 1.88. The fourth-order valence-electron chi connectivity index (χ4n) is 4.27. The Morgan fingerprint density at radius 1 is 1.15 bits per heavy atom. The average molecular weight is 484 g/mol. The molecule has 1 aliphatic heterocycles. The minimum Gasteiger partial charge on any atom is -0.487 e. The highest BCUT2D eigenvalue weighted by molar-refractivity contribution is 6.30. The van der Waals surface area contributed by atoms with E-state index in [0.29, 0.717) is 6.61 Å². The third kappa shape index (κ3) is 8.09. The van der Waals surface area contributed by atoms with Gasteiger partial charge in [-0.15, -0.1) is 6.58 Å². The van der Waals surface area contributed by atoms with Gasteiger partial charge in [-0.05, 0) is 100 Å². The monoisotopic (exact) mass is 483 g/mol. The van der Waals surface area contributed by atoms with Crippen molar-refractivity contribution in [1.29, 1.82) is 0 Å². The van der Waals surface area contributed by atoms with E-state index in [0.717, 1.165) is 73.6 Å². The summed E-state index contributed by atoms with van der Waals surface area (Å²) in [5.74, 6) is 0.632. The SMILES string of the molecule is C=CCCCCN1CCCCc2cc(Cl)ccc2COc2ccc(CC(=O)OC(C)(C)C)cc21. The molecule has 34 heavy (non-hydrogen) atoms. The van der Waals surface area contributed by atoms with E-state index in [-0.39, 0.29) is 12.4 Å². The van der Waals surface area contributed by atoms with Gasteiger partial charge in [-0.3, -0.25) is 4.79 Å². The molecule has 1 aliphatic rings. The summed E-state index contributed by atoms with van der Waals surface area (Å²) in [7, 11) is 0. The van der Waals surface area contributed by atoms with E-state index in [9.17, 15) is 4.79 Å². The number of benzene rings is 2. The Labute approximate surface area is 209 Å². The van der Waals surface area contributed by atoms with Crippen LogP contribution in [-0.2, 0) is 29.0 Å². The molecule has 2 aromatic carbocycles. The average Bonchev–Trinajstić information content (AvgIpc) is 2.79. The second kappa shape index (κ2) is 12.3. The number of ether oxygens (including phenoxy) is 2. The van der Waals surface area contributed by atoms with Gasteiger partial charge in [0.15, 0.2) is 0 Å². The molecule has 0 saturated carbocycles. The highest BCUT2D eigenvalue weighted by Gasteiger charge is 2.19. The van der Waals surface area contributed by atoms with Crippen LogP contribution in [0.2, 0.25) is 5.02 Å². The fraction of sp³-hybridized carbons (Fsp3) is 0.483. The van der Waals surface area contributed by atoms with E-state index in [4.69, 9.17) is 21.1 Å². The fourth-order valence-corrected chi connectivity index (χ4v) is 4.47. The van der Waals surface area contributed by atoms with Crippen LogP contribution in [0.4, 0.5) is 5.69 Å². The lowest BCUT2D eigenvalue weighted by Crippen LogP contribution is -2.27. The molecule has 0 unspecified atom stereocenters. The van der Waals surface area contributed by atoms with E-state index in [1.54, 1.807) is 0 Å². The number of halogens is 1. The molecule has 0 atom stereocenters. The molecule has 1 heterocycles. The summed E-state index contributed by atoms with van der Waals surface area (Å²) in [6.45, 7) is 11.9. The topological polar surface area (TPSA) is 38.8 Å². The van der Waals surface area contributed by atoms with E-state index in [2.05, 4.69) is 29.7 Å². The molecule has 0 amide bonds. The second-order valence-corrected chi connectivity index (χ2v) is 10.4. The molecule has 0 aromatic heterocycles. The van der Waals surface area contributed by atoms with Crippen LogP contribution in [0.25, 0.3) is 0 Å². The molecule has 4 nitrogen and oxygen atoms in total. The van der Waals surface area contributed by atoms with Crippen LogP contribution in [0.3, 0.4) is 0 Å². The van der Waals surface area contributed by atoms with Crippen molar-refractivity contribution in [2.45, 2.75) is 77.9 Å². The molecule has 0 spiro atoms. The zero-order valence-corrected chi connectivity index (χ0v) is 21.6. The molecule has 0 saturated heterocycles. The zero-order valence-electron chi connectivity index (χ0n) is 20.9. The number of aryl methyl sites for hydroxylation is 1. The van der Waals surface area contributed by atoms with Crippen molar-refractivity contribution in [1.82, 2.24) is 0 Å². The zero-order chi connectivity index (χ0) is 24.6. The largest absolute Gasteiger partial charge is 0.487 e. The Bertz CT molecular complexity index is 980. The highest BCUT2D eigenvalue weighted by Crippen LogP contribution is 2.33. The first-order valence-corrected chi connectivity index (χ1v) is 12.7. The van der Waals surface area contributed by atoms with Crippen LogP contribution in [0.5, 0.6) is 5.75 Å². The Hall–Kier alpha value is -2.46. The predicted octanol–water partition coefficient (Wildman–Crippen LogP) is 7.30. The maximum atomic E-state index is 12.5. The number of allylic oxidation sites excluding steroid dienone is 1. The molecule has 5 heteroatoms. The van der Waals surface area contributed by atoms with E-state index in [1.165, 1.54) is 11.1 Å². The van der Waals surface area contributed by atoms with E-state index >= 15 is 0 Å². The van der Waals surface area contributed by atoms with Gasteiger partial charge >= 0.3 is 5.97 Å². The third-order valence-electron chi connectivity index (χ3n) is 5.89. The molecular weight excluding hydrogens is 446 g/mol.